The van der Waals surface area contributed by atoms with Crippen molar-refractivity contribution in [2.75, 3.05) is 0 Å². The van der Waals surface area contributed by atoms with Crippen LogP contribution in [0.4, 0.5) is 0 Å². The second kappa shape index (κ2) is 11.1. The summed E-state index contributed by atoms with van der Waals surface area (Å²) in [5.74, 6) is -0.470. The van der Waals surface area contributed by atoms with Crippen LogP contribution in [0.5, 0.6) is 0 Å². The molecule has 2 amide bonds. The molecule has 33 heavy (non-hydrogen) atoms. The molecular weight excluding hydrogens is 434 g/mol. The summed E-state index contributed by atoms with van der Waals surface area (Å²) < 4.78 is 0. The van der Waals surface area contributed by atoms with Gasteiger partial charge in [0.2, 0.25) is 5.91 Å². The van der Waals surface area contributed by atoms with Crippen LogP contribution in [0, 0.1) is 0 Å². The number of rotatable bonds is 7. The lowest BCUT2D eigenvalue weighted by Crippen LogP contribution is -2.47. The molecule has 6 heteroatoms. The highest BCUT2D eigenvalue weighted by Crippen LogP contribution is 2.28. The van der Waals surface area contributed by atoms with Gasteiger partial charge in [0.05, 0.1) is 0 Å². The van der Waals surface area contributed by atoms with Crippen molar-refractivity contribution in [2.45, 2.75) is 50.7 Å². The quantitative estimate of drug-likeness (QED) is 0.500. The summed E-state index contributed by atoms with van der Waals surface area (Å²) in [6, 6.07) is 21.4. The minimum atomic E-state index is -0.807. The van der Waals surface area contributed by atoms with Gasteiger partial charge in [-0.15, -0.1) is 0 Å². The Balaban J connectivity index is 1.72. The van der Waals surface area contributed by atoms with Crippen molar-refractivity contribution in [3.05, 3.63) is 101 Å². The molecule has 1 atom stereocenters. The van der Waals surface area contributed by atoms with Gasteiger partial charge in [-0.05, 0) is 48.2 Å². The largest absolute Gasteiger partial charge is 0.351 e. The third-order valence-corrected chi connectivity index (χ3v) is 6.29. The Labute approximate surface area is 199 Å². The molecule has 2 aromatic carbocycles. The summed E-state index contributed by atoms with van der Waals surface area (Å²) >= 11 is 6.13. The van der Waals surface area contributed by atoms with E-state index in [1.807, 2.05) is 42.5 Å². The van der Waals surface area contributed by atoms with E-state index in [2.05, 4.69) is 10.3 Å². The van der Waals surface area contributed by atoms with Gasteiger partial charge in [-0.2, -0.15) is 0 Å². The van der Waals surface area contributed by atoms with Gasteiger partial charge >= 0.3 is 0 Å². The number of hydrogen-bond donors (Lipinski definition) is 1. The molecule has 1 aliphatic carbocycles. The van der Waals surface area contributed by atoms with Crippen LogP contribution in [-0.2, 0) is 11.3 Å². The summed E-state index contributed by atoms with van der Waals surface area (Å²) in [6.45, 7) is 0.279. The Morgan fingerprint density at radius 3 is 2.30 bits per heavy atom. The van der Waals surface area contributed by atoms with Crippen molar-refractivity contribution in [1.82, 2.24) is 15.2 Å². The lowest BCUT2D eigenvalue weighted by atomic mass is 9.94. The fourth-order valence-electron chi connectivity index (χ4n) is 4.34. The summed E-state index contributed by atoms with van der Waals surface area (Å²) in [5.41, 5.74) is 1.96. The number of halogens is 1. The number of carbonyl (C=O) groups excluding carboxylic acids is 2. The molecule has 0 aliphatic heterocycles. The van der Waals surface area contributed by atoms with E-state index < -0.39 is 6.04 Å². The van der Waals surface area contributed by atoms with Crippen molar-refractivity contribution in [2.24, 2.45) is 0 Å². The first-order valence-electron chi connectivity index (χ1n) is 11.4. The average Bonchev–Trinajstić information content (AvgIpc) is 2.86. The molecule has 0 spiro atoms. The Morgan fingerprint density at radius 2 is 1.64 bits per heavy atom. The van der Waals surface area contributed by atoms with E-state index in [1.54, 1.807) is 41.4 Å². The highest BCUT2D eigenvalue weighted by molar-refractivity contribution is 6.30. The summed E-state index contributed by atoms with van der Waals surface area (Å²) in [7, 11) is 0. The number of pyridine rings is 1. The van der Waals surface area contributed by atoms with Crippen LogP contribution < -0.4 is 5.32 Å². The summed E-state index contributed by atoms with van der Waals surface area (Å²) in [5, 5.41) is 3.80. The van der Waals surface area contributed by atoms with Crippen LogP contribution in [0.1, 0.15) is 59.8 Å². The van der Waals surface area contributed by atoms with Gasteiger partial charge in [0.15, 0.2) is 0 Å². The zero-order chi connectivity index (χ0) is 23.0. The minimum absolute atomic E-state index is 0.129. The van der Waals surface area contributed by atoms with E-state index in [0.717, 1.165) is 31.2 Å². The normalized spacial score (nSPS) is 14.9. The first-order valence-corrected chi connectivity index (χ1v) is 11.8. The first-order chi connectivity index (χ1) is 16.1. The number of aromatic nitrogens is 1. The maximum absolute atomic E-state index is 13.7. The zero-order valence-electron chi connectivity index (χ0n) is 18.5. The third kappa shape index (κ3) is 5.99. The molecule has 0 unspecified atom stereocenters. The van der Waals surface area contributed by atoms with Crippen LogP contribution in [0.2, 0.25) is 5.02 Å². The number of amides is 2. The fourth-order valence-corrected chi connectivity index (χ4v) is 4.47. The van der Waals surface area contributed by atoms with Crippen LogP contribution in [-0.4, -0.2) is 27.7 Å². The Hall–Kier alpha value is -3.18. The van der Waals surface area contributed by atoms with Gasteiger partial charge in [-0.1, -0.05) is 79.4 Å². The second-order valence-corrected chi connectivity index (χ2v) is 8.87. The van der Waals surface area contributed by atoms with Crippen molar-refractivity contribution in [3.63, 3.8) is 0 Å². The van der Waals surface area contributed by atoms with Crippen molar-refractivity contribution in [3.8, 4) is 0 Å². The second-order valence-electron chi connectivity index (χ2n) is 8.43. The lowest BCUT2D eigenvalue weighted by Gasteiger charge is -2.33. The molecule has 1 aromatic heterocycles. The number of nitrogens with zero attached hydrogens (tertiary/aromatic N) is 2. The molecule has 1 N–H and O–H groups in total. The topological polar surface area (TPSA) is 62.3 Å². The Bertz CT molecular complexity index is 1050. The summed E-state index contributed by atoms with van der Waals surface area (Å²) in [6.07, 6.45) is 6.94. The smallest absolute Gasteiger partial charge is 0.273 e. The molecule has 4 rings (SSSR count). The zero-order valence-corrected chi connectivity index (χ0v) is 19.2. The molecule has 1 saturated carbocycles. The van der Waals surface area contributed by atoms with Gasteiger partial charge in [-0.25, -0.2) is 0 Å². The molecule has 5 nitrogen and oxygen atoms in total. The molecule has 1 heterocycles. The highest BCUT2D eigenvalue weighted by Gasteiger charge is 2.34. The van der Waals surface area contributed by atoms with Crippen molar-refractivity contribution >= 4 is 23.4 Å². The van der Waals surface area contributed by atoms with Crippen LogP contribution in [0.25, 0.3) is 0 Å². The molecule has 170 valence electrons. The van der Waals surface area contributed by atoms with Crippen molar-refractivity contribution in [1.29, 1.82) is 0 Å². The lowest BCUT2D eigenvalue weighted by molar-refractivity contribution is -0.127. The molecule has 3 aromatic rings. The van der Waals surface area contributed by atoms with Gasteiger partial charge in [0, 0.05) is 23.8 Å². The molecule has 1 aliphatic rings. The van der Waals surface area contributed by atoms with E-state index in [-0.39, 0.29) is 24.4 Å². The standard InChI is InChI=1S/C27H28ClN3O2/c28-22-16-14-21(15-17-22)25(26(32)30-23-11-5-2-6-12-23)31(19-20-9-3-1-4-10-20)27(33)24-13-7-8-18-29-24/h1,3-4,7-10,13-18,23,25H,2,5-6,11-12,19H2,(H,30,32)/t25-/m1/s1. The van der Waals surface area contributed by atoms with Gasteiger partial charge in [0.25, 0.3) is 5.91 Å². The van der Waals surface area contributed by atoms with E-state index in [0.29, 0.717) is 16.3 Å². The highest BCUT2D eigenvalue weighted by atomic mass is 35.5. The van der Waals surface area contributed by atoms with E-state index >= 15 is 0 Å². The molecular formula is C27H28ClN3O2. The maximum atomic E-state index is 13.7. The fraction of sp³-hybridized carbons (Fsp3) is 0.296. The van der Waals surface area contributed by atoms with Crippen LogP contribution in [0.3, 0.4) is 0 Å². The minimum Gasteiger partial charge on any atom is -0.351 e. The van der Waals surface area contributed by atoms with Crippen molar-refractivity contribution < 1.29 is 9.59 Å². The molecule has 0 radical (unpaired) electrons. The summed E-state index contributed by atoms with van der Waals surface area (Å²) in [4.78, 5) is 33.3. The van der Waals surface area contributed by atoms with E-state index in [4.69, 9.17) is 11.6 Å². The molecule has 0 saturated heterocycles. The van der Waals surface area contributed by atoms with Gasteiger partial charge in [0.1, 0.15) is 11.7 Å². The number of benzene rings is 2. The SMILES string of the molecule is O=C(NC1CCCCC1)[C@@H](c1ccc(Cl)cc1)N(Cc1ccccc1)C(=O)c1ccccn1. The number of carbonyl (C=O) groups is 2. The van der Waals surface area contributed by atoms with E-state index in [9.17, 15) is 9.59 Å². The van der Waals surface area contributed by atoms with Gasteiger partial charge in [-0.3, -0.25) is 14.6 Å². The predicted molar refractivity (Wildman–Crippen MR) is 130 cm³/mol. The Kier molecular flexibility index (Phi) is 7.74. The van der Waals surface area contributed by atoms with E-state index in [1.165, 1.54) is 6.42 Å². The van der Waals surface area contributed by atoms with Gasteiger partial charge < -0.3 is 10.2 Å². The average molecular weight is 462 g/mol. The Morgan fingerprint density at radius 1 is 0.939 bits per heavy atom. The molecule has 0 bridgehead atoms. The maximum Gasteiger partial charge on any atom is 0.273 e. The predicted octanol–water partition coefficient (Wildman–Crippen LogP) is 5.57. The number of hydrogen-bond acceptors (Lipinski definition) is 3. The first kappa shape index (κ1) is 23.0. The van der Waals surface area contributed by atoms with Crippen LogP contribution in [0.15, 0.2) is 79.0 Å². The third-order valence-electron chi connectivity index (χ3n) is 6.04. The van der Waals surface area contributed by atoms with Crippen LogP contribution >= 0.6 is 11.6 Å². The molecule has 1 fully saturated rings. The number of nitrogens with one attached hydrogen (secondary N) is 1. The monoisotopic (exact) mass is 461 g/mol.